The molecule has 1 fully saturated rings. The third-order valence-corrected chi connectivity index (χ3v) is 4.24. The van der Waals surface area contributed by atoms with Crippen molar-refractivity contribution in [2.24, 2.45) is 11.1 Å². The Morgan fingerprint density at radius 3 is 2.90 bits per heavy atom. The van der Waals surface area contributed by atoms with Crippen molar-refractivity contribution in [3.63, 3.8) is 0 Å². The third-order valence-electron chi connectivity index (χ3n) is 4.24. The number of β-amino-alcohol motifs (C(OH)–C–C–N with tert-alkyl or cyclic N) is 1. The molecule has 2 atom stereocenters. The van der Waals surface area contributed by atoms with Gasteiger partial charge in [0.2, 0.25) is 0 Å². The van der Waals surface area contributed by atoms with Crippen LogP contribution >= 0.6 is 0 Å². The lowest BCUT2D eigenvalue weighted by Crippen LogP contribution is -2.53. The number of nitrogens with zero attached hydrogens (tertiary/aromatic N) is 3. The SMILES string of the molecule is CCC[C@]1(CO)CCN(c2cncc(C(N)=O)n2)C[C@H]1O. The Hall–Kier alpha value is -1.73. The molecule has 1 aromatic rings. The highest BCUT2D eigenvalue weighted by atomic mass is 16.3. The molecule has 0 radical (unpaired) electrons. The number of carbonyl (C=O) groups excluding carboxylic acids is 1. The van der Waals surface area contributed by atoms with Gasteiger partial charge in [0, 0.05) is 18.5 Å². The van der Waals surface area contributed by atoms with Crippen molar-refractivity contribution in [1.82, 2.24) is 9.97 Å². The van der Waals surface area contributed by atoms with Gasteiger partial charge in [-0.05, 0) is 12.8 Å². The Labute approximate surface area is 123 Å². The number of rotatable bonds is 5. The van der Waals surface area contributed by atoms with Crippen LogP contribution in [0.4, 0.5) is 5.82 Å². The molecule has 0 saturated carbocycles. The first kappa shape index (κ1) is 15.7. The fourth-order valence-electron chi connectivity index (χ4n) is 2.91. The Bertz CT molecular complexity index is 511. The summed E-state index contributed by atoms with van der Waals surface area (Å²) in [4.78, 5) is 21.2. The minimum Gasteiger partial charge on any atom is -0.396 e. The molecular formula is C14H22N4O3. The summed E-state index contributed by atoms with van der Waals surface area (Å²) in [6, 6.07) is 0. The molecular weight excluding hydrogens is 272 g/mol. The number of nitrogens with two attached hydrogens (primary N) is 1. The smallest absolute Gasteiger partial charge is 0.268 e. The van der Waals surface area contributed by atoms with E-state index in [-0.39, 0.29) is 12.3 Å². The van der Waals surface area contributed by atoms with Crippen molar-refractivity contribution in [3.8, 4) is 0 Å². The first-order valence-corrected chi connectivity index (χ1v) is 7.18. The highest BCUT2D eigenvalue weighted by Gasteiger charge is 2.41. The van der Waals surface area contributed by atoms with Crippen molar-refractivity contribution in [1.29, 1.82) is 0 Å². The van der Waals surface area contributed by atoms with E-state index >= 15 is 0 Å². The van der Waals surface area contributed by atoms with Crippen LogP contribution in [-0.4, -0.2) is 51.9 Å². The molecule has 2 rings (SSSR count). The van der Waals surface area contributed by atoms with E-state index in [1.54, 1.807) is 6.20 Å². The maximum absolute atomic E-state index is 11.2. The van der Waals surface area contributed by atoms with Gasteiger partial charge in [0.05, 0.1) is 25.1 Å². The summed E-state index contributed by atoms with van der Waals surface area (Å²) in [5, 5.41) is 20.1. The summed E-state index contributed by atoms with van der Waals surface area (Å²) in [7, 11) is 0. The number of primary amides is 1. The number of carbonyl (C=O) groups is 1. The Kier molecular flexibility index (Phi) is 4.74. The van der Waals surface area contributed by atoms with Gasteiger partial charge in [0.25, 0.3) is 5.91 Å². The second-order valence-electron chi connectivity index (χ2n) is 5.61. The van der Waals surface area contributed by atoms with Crippen LogP contribution in [0, 0.1) is 5.41 Å². The Morgan fingerprint density at radius 1 is 1.57 bits per heavy atom. The standard InChI is InChI=1S/C14H22N4O3/c1-2-3-14(9-19)4-5-18(8-11(14)20)12-7-16-6-10(17-12)13(15)21/h6-7,11,19-20H,2-5,8-9H2,1H3,(H2,15,21)/t11-,14-/m1/s1. The summed E-state index contributed by atoms with van der Waals surface area (Å²) >= 11 is 0. The molecule has 1 aromatic heterocycles. The molecule has 0 spiro atoms. The normalized spacial score (nSPS) is 25.9. The molecule has 0 aliphatic carbocycles. The number of piperidine rings is 1. The van der Waals surface area contributed by atoms with Gasteiger partial charge in [-0.3, -0.25) is 9.78 Å². The molecule has 0 unspecified atom stereocenters. The Morgan fingerprint density at radius 2 is 2.33 bits per heavy atom. The number of aliphatic hydroxyl groups is 2. The topological polar surface area (TPSA) is 113 Å². The third kappa shape index (κ3) is 3.14. The molecule has 1 amide bonds. The lowest BCUT2D eigenvalue weighted by atomic mass is 9.73. The predicted octanol–water partition coefficient (Wildman–Crippen LogP) is -0.0747. The minimum absolute atomic E-state index is 0.0249. The van der Waals surface area contributed by atoms with Gasteiger partial charge in [0.15, 0.2) is 0 Å². The number of hydrogen-bond acceptors (Lipinski definition) is 6. The lowest BCUT2D eigenvalue weighted by molar-refractivity contribution is -0.0372. The van der Waals surface area contributed by atoms with E-state index in [0.717, 1.165) is 12.8 Å². The number of aliphatic hydroxyl groups excluding tert-OH is 2. The van der Waals surface area contributed by atoms with Crippen molar-refractivity contribution in [2.45, 2.75) is 32.3 Å². The van der Waals surface area contributed by atoms with E-state index in [0.29, 0.717) is 25.3 Å². The van der Waals surface area contributed by atoms with Gasteiger partial charge in [-0.1, -0.05) is 13.3 Å². The van der Waals surface area contributed by atoms with Crippen molar-refractivity contribution < 1.29 is 15.0 Å². The Balaban J connectivity index is 2.15. The fraction of sp³-hybridized carbons (Fsp3) is 0.643. The second kappa shape index (κ2) is 6.36. The molecule has 0 aromatic carbocycles. The van der Waals surface area contributed by atoms with Gasteiger partial charge in [-0.25, -0.2) is 4.98 Å². The maximum Gasteiger partial charge on any atom is 0.268 e. The molecule has 0 bridgehead atoms. The van der Waals surface area contributed by atoms with E-state index in [1.165, 1.54) is 6.20 Å². The van der Waals surface area contributed by atoms with E-state index in [1.807, 2.05) is 11.8 Å². The van der Waals surface area contributed by atoms with Crippen LogP contribution < -0.4 is 10.6 Å². The molecule has 7 heteroatoms. The highest BCUT2D eigenvalue weighted by molar-refractivity contribution is 5.90. The number of aromatic nitrogens is 2. The summed E-state index contributed by atoms with van der Waals surface area (Å²) in [5.41, 5.74) is 4.86. The van der Waals surface area contributed by atoms with Crippen LogP contribution in [0.25, 0.3) is 0 Å². The van der Waals surface area contributed by atoms with Crippen LogP contribution in [0.5, 0.6) is 0 Å². The van der Waals surface area contributed by atoms with E-state index < -0.39 is 17.4 Å². The van der Waals surface area contributed by atoms with Crippen LogP contribution in [0.1, 0.15) is 36.7 Å². The van der Waals surface area contributed by atoms with Gasteiger partial charge in [0.1, 0.15) is 11.5 Å². The molecule has 21 heavy (non-hydrogen) atoms. The average molecular weight is 294 g/mol. The van der Waals surface area contributed by atoms with E-state index in [9.17, 15) is 15.0 Å². The summed E-state index contributed by atoms with van der Waals surface area (Å²) in [6.07, 6.45) is 4.59. The molecule has 1 saturated heterocycles. The molecule has 7 nitrogen and oxygen atoms in total. The monoisotopic (exact) mass is 294 g/mol. The van der Waals surface area contributed by atoms with Crippen LogP contribution in [0.3, 0.4) is 0 Å². The van der Waals surface area contributed by atoms with Crippen molar-refractivity contribution in [2.75, 3.05) is 24.6 Å². The number of amides is 1. The zero-order chi connectivity index (χ0) is 15.5. The van der Waals surface area contributed by atoms with Gasteiger partial charge >= 0.3 is 0 Å². The van der Waals surface area contributed by atoms with E-state index in [4.69, 9.17) is 5.73 Å². The second-order valence-corrected chi connectivity index (χ2v) is 5.61. The molecule has 2 heterocycles. The molecule has 116 valence electrons. The fourth-order valence-corrected chi connectivity index (χ4v) is 2.91. The largest absolute Gasteiger partial charge is 0.396 e. The van der Waals surface area contributed by atoms with Gasteiger partial charge in [-0.15, -0.1) is 0 Å². The maximum atomic E-state index is 11.2. The summed E-state index contributed by atoms with van der Waals surface area (Å²) in [5.74, 6) is -0.106. The van der Waals surface area contributed by atoms with Crippen LogP contribution in [0.2, 0.25) is 0 Å². The molecule has 1 aliphatic heterocycles. The van der Waals surface area contributed by atoms with E-state index in [2.05, 4.69) is 9.97 Å². The summed E-state index contributed by atoms with van der Waals surface area (Å²) < 4.78 is 0. The zero-order valence-electron chi connectivity index (χ0n) is 12.2. The minimum atomic E-state index is -0.643. The molecule has 1 aliphatic rings. The first-order valence-electron chi connectivity index (χ1n) is 7.18. The zero-order valence-corrected chi connectivity index (χ0v) is 12.2. The average Bonchev–Trinajstić information content (AvgIpc) is 2.49. The van der Waals surface area contributed by atoms with Gasteiger partial charge in [-0.2, -0.15) is 0 Å². The summed E-state index contributed by atoms with van der Waals surface area (Å²) in [6.45, 7) is 3.02. The van der Waals surface area contributed by atoms with Crippen molar-refractivity contribution >= 4 is 11.7 Å². The quantitative estimate of drug-likeness (QED) is 0.700. The van der Waals surface area contributed by atoms with Crippen molar-refractivity contribution in [3.05, 3.63) is 18.1 Å². The predicted molar refractivity (Wildman–Crippen MR) is 77.8 cm³/mol. The number of hydrogen-bond donors (Lipinski definition) is 3. The lowest BCUT2D eigenvalue weighted by Gasteiger charge is -2.45. The van der Waals surface area contributed by atoms with Gasteiger partial charge < -0.3 is 20.8 Å². The highest BCUT2D eigenvalue weighted by Crippen LogP contribution is 2.36. The first-order chi connectivity index (χ1) is 10.0. The van der Waals surface area contributed by atoms with Crippen LogP contribution in [0.15, 0.2) is 12.4 Å². The number of anilines is 1. The van der Waals surface area contributed by atoms with Crippen LogP contribution in [-0.2, 0) is 0 Å². The molecule has 4 N–H and O–H groups in total.